The molecule has 1 aliphatic heterocycles. The van der Waals surface area contributed by atoms with Gasteiger partial charge in [-0.1, -0.05) is 0 Å². The fourth-order valence-electron chi connectivity index (χ4n) is 2.80. The number of ether oxygens (including phenoxy) is 1. The van der Waals surface area contributed by atoms with E-state index in [1.807, 2.05) is 11.8 Å². The number of nitrogens with one attached hydrogen (secondary N) is 1. The van der Waals surface area contributed by atoms with Crippen molar-refractivity contribution in [2.45, 2.75) is 13.0 Å². The van der Waals surface area contributed by atoms with Gasteiger partial charge in [0.2, 0.25) is 5.91 Å². The summed E-state index contributed by atoms with van der Waals surface area (Å²) in [5, 5.41) is 3.28. The number of primary amides is 1. The second-order valence-electron chi connectivity index (χ2n) is 6.07. The fourth-order valence-corrected chi connectivity index (χ4v) is 2.80. The third kappa shape index (κ3) is 4.53. The molecule has 138 valence electrons. The lowest BCUT2D eigenvalue weighted by atomic mass is 10.1. The van der Waals surface area contributed by atoms with Gasteiger partial charge in [0, 0.05) is 36.8 Å². The van der Waals surface area contributed by atoms with Crippen molar-refractivity contribution in [3.63, 3.8) is 0 Å². The molecule has 0 bridgehead atoms. The molecule has 1 aliphatic rings. The number of rotatable bonds is 4. The molecule has 7 heteroatoms. The molecule has 0 radical (unpaired) electrons. The SMILES string of the molecule is C[C@@H]1CNCCN1C(=O)c1ccc(Oc2ccc(C(N)=O)cc2)cc1.Cl. The van der Waals surface area contributed by atoms with Gasteiger partial charge in [0.1, 0.15) is 11.5 Å². The monoisotopic (exact) mass is 375 g/mol. The molecule has 0 aliphatic carbocycles. The number of halogens is 1. The van der Waals surface area contributed by atoms with Crippen LogP contribution >= 0.6 is 12.4 Å². The van der Waals surface area contributed by atoms with Crippen molar-refractivity contribution < 1.29 is 14.3 Å². The van der Waals surface area contributed by atoms with Crippen molar-refractivity contribution in [2.75, 3.05) is 19.6 Å². The van der Waals surface area contributed by atoms with E-state index >= 15 is 0 Å². The topological polar surface area (TPSA) is 84.7 Å². The van der Waals surface area contributed by atoms with E-state index < -0.39 is 5.91 Å². The number of benzene rings is 2. The smallest absolute Gasteiger partial charge is 0.254 e. The summed E-state index contributed by atoms with van der Waals surface area (Å²) in [6.07, 6.45) is 0. The highest BCUT2D eigenvalue weighted by atomic mass is 35.5. The number of hydrogen-bond acceptors (Lipinski definition) is 4. The molecule has 0 spiro atoms. The Morgan fingerprint density at radius 2 is 1.58 bits per heavy atom. The average molecular weight is 376 g/mol. The molecule has 2 amide bonds. The second-order valence-corrected chi connectivity index (χ2v) is 6.07. The Kier molecular flexibility index (Phi) is 6.60. The highest BCUT2D eigenvalue weighted by Crippen LogP contribution is 2.23. The van der Waals surface area contributed by atoms with E-state index in [9.17, 15) is 9.59 Å². The molecule has 2 aromatic carbocycles. The van der Waals surface area contributed by atoms with Gasteiger partial charge in [0.05, 0.1) is 0 Å². The van der Waals surface area contributed by atoms with E-state index in [0.717, 1.165) is 13.1 Å². The van der Waals surface area contributed by atoms with E-state index in [-0.39, 0.29) is 24.4 Å². The normalized spacial score (nSPS) is 16.5. The summed E-state index contributed by atoms with van der Waals surface area (Å²) in [6.45, 7) is 4.38. The van der Waals surface area contributed by atoms with E-state index in [4.69, 9.17) is 10.5 Å². The molecule has 0 aromatic heterocycles. The van der Waals surface area contributed by atoms with E-state index in [1.54, 1.807) is 48.5 Å². The summed E-state index contributed by atoms with van der Waals surface area (Å²) in [7, 11) is 0. The zero-order valence-electron chi connectivity index (χ0n) is 14.5. The first-order valence-electron chi connectivity index (χ1n) is 8.24. The Morgan fingerprint density at radius 3 is 2.08 bits per heavy atom. The summed E-state index contributed by atoms with van der Waals surface area (Å²) in [5.74, 6) is 0.777. The molecular weight excluding hydrogens is 354 g/mol. The van der Waals surface area contributed by atoms with Gasteiger partial charge in [-0.3, -0.25) is 9.59 Å². The van der Waals surface area contributed by atoms with Crippen molar-refractivity contribution in [3.05, 3.63) is 59.7 Å². The third-order valence-electron chi connectivity index (χ3n) is 4.24. The van der Waals surface area contributed by atoms with Crippen molar-refractivity contribution in [1.29, 1.82) is 0 Å². The summed E-state index contributed by atoms with van der Waals surface area (Å²) in [4.78, 5) is 25.5. The molecule has 0 saturated carbocycles. The first kappa shape index (κ1) is 19.8. The summed E-state index contributed by atoms with van der Waals surface area (Å²) in [6, 6.07) is 13.8. The number of carbonyl (C=O) groups is 2. The summed E-state index contributed by atoms with van der Waals surface area (Å²) < 4.78 is 5.73. The van der Waals surface area contributed by atoms with Crippen LogP contribution in [0.15, 0.2) is 48.5 Å². The molecule has 26 heavy (non-hydrogen) atoms. The van der Waals surface area contributed by atoms with Gasteiger partial charge in [-0.05, 0) is 55.5 Å². The lowest BCUT2D eigenvalue weighted by molar-refractivity contribution is 0.0655. The van der Waals surface area contributed by atoms with Crippen LogP contribution in [0.1, 0.15) is 27.6 Å². The second kappa shape index (κ2) is 8.69. The van der Waals surface area contributed by atoms with Gasteiger partial charge >= 0.3 is 0 Å². The van der Waals surface area contributed by atoms with Crippen LogP contribution in [0.4, 0.5) is 0 Å². The largest absolute Gasteiger partial charge is 0.457 e. The number of nitrogens with zero attached hydrogens (tertiary/aromatic N) is 1. The summed E-state index contributed by atoms with van der Waals surface area (Å²) in [5.41, 5.74) is 6.29. The van der Waals surface area contributed by atoms with Crippen molar-refractivity contribution in [1.82, 2.24) is 10.2 Å². The first-order chi connectivity index (χ1) is 12.0. The maximum atomic E-state index is 12.6. The van der Waals surface area contributed by atoms with Crippen LogP contribution < -0.4 is 15.8 Å². The Balaban J connectivity index is 0.00000243. The molecule has 3 N–H and O–H groups in total. The van der Waals surface area contributed by atoms with E-state index in [2.05, 4.69) is 5.32 Å². The van der Waals surface area contributed by atoms with Gasteiger partial charge in [-0.2, -0.15) is 0 Å². The van der Waals surface area contributed by atoms with Gasteiger partial charge in [-0.15, -0.1) is 12.4 Å². The van der Waals surface area contributed by atoms with Crippen LogP contribution in [-0.4, -0.2) is 42.4 Å². The van der Waals surface area contributed by atoms with Crippen LogP contribution in [0, 0.1) is 0 Å². The van der Waals surface area contributed by atoms with Crippen molar-refractivity contribution in [3.8, 4) is 11.5 Å². The van der Waals surface area contributed by atoms with Gasteiger partial charge in [-0.25, -0.2) is 0 Å². The van der Waals surface area contributed by atoms with Gasteiger partial charge in [0.25, 0.3) is 5.91 Å². The molecule has 6 nitrogen and oxygen atoms in total. The quantitative estimate of drug-likeness (QED) is 0.859. The van der Waals surface area contributed by atoms with Crippen LogP contribution in [0.3, 0.4) is 0 Å². The fraction of sp³-hybridized carbons (Fsp3) is 0.263. The maximum Gasteiger partial charge on any atom is 0.254 e. The number of nitrogens with two attached hydrogens (primary N) is 1. The third-order valence-corrected chi connectivity index (χ3v) is 4.24. The van der Waals surface area contributed by atoms with Crippen molar-refractivity contribution >= 4 is 24.2 Å². The number of amides is 2. The molecule has 0 unspecified atom stereocenters. The maximum absolute atomic E-state index is 12.6. The van der Waals surface area contributed by atoms with Crippen LogP contribution in [0.25, 0.3) is 0 Å². The number of piperazine rings is 1. The highest BCUT2D eigenvalue weighted by Gasteiger charge is 2.23. The number of carbonyl (C=O) groups excluding carboxylic acids is 2. The van der Waals surface area contributed by atoms with Gasteiger partial charge in [0.15, 0.2) is 0 Å². The lowest BCUT2D eigenvalue weighted by Crippen LogP contribution is -2.52. The zero-order valence-corrected chi connectivity index (χ0v) is 15.3. The lowest BCUT2D eigenvalue weighted by Gasteiger charge is -2.34. The Labute approximate surface area is 158 Å². The highest BCUT2D eigenvalue weighted by molar-refractivity contribution is 5.94. The molecule has 1 heterocycles. The predicted octanol–water partition coefficient (Wildman–Crippen LogP) is 2.43. The minimum Gasteiger partial charge on any atom is -0.457 e. The van der Waals surface area contributed by atoms with E-state index in [0.29, 0.717) is 29.2 Å². The minimum atomic E-state index is -0.475. The Bertz CT molecular complexity index is 763. The van der Waals surface area contributed by atoms with Crippen LogP contribution in [0.5, 0.6) is 11.5 Å². The molecular formula is C19H22ClN3O3. The molecule has 3 rings (SSSR count). The van der Waals surface area contributed by atoms with Gasteiger partial charge < -0.3 is 20.7 Å². The Morgan fingerprint density at radius 1 is 1.04 bits per heavy atom. The van der Waals surface area contributed by atoms with E-state index in [1.165, 1.54) is 0 Å². The van der Waals surface area contributed by atoms with Crippen LogP contribution in [0.2, 0.25) is 0 Å². The predicted molar refractivity (Wildman–Crippen MR) is 102 cm³/mol. The minimum absolute atomic E-state index is 0. The molecule has 1 saturated heterocycles. The first-order valence-corrected chi connectivity index (χ1v) is 8.24. The zero-order chi connectivity index (χ0) is 17.8. The molecule has 1 fully saturated rings. The van der Waals surface area contributed by atoms with Crippen LogP contribution in [-0.2, 0) is 0 Å². The Hall–Kier alpha value is -2.57. The molecule has 2 aromatic rings. The standard InChI is InChI=1S/C19H21N3O3.ClH/c1-13-12-21-10-11-22(13)19(24)15-4-8-17(9-5-15)25-16-6-2-14(3-7-16)18(20)23;/h2-9,13,21H,10-12H2,1H3,(H2,20,23);1H/t13-;/m1./s1. The summed E-state index contributed by atoms with van der Waals surface area (Å²) >= 11 is 0. The number of hydrogen-bond donors (Lipinski definition) is 2. The average Bonchev–Trinajstić information content (AvgIpc) is 2.63. The van der Waals surface area contributed by atoms with Crippen molar-refractivity contribution in [2.24, 2.45) is 5.73 Å². The molecule has 1 atom stereocenters.